The molecular weight excluding hydrogens is 228 g/mol. The maximum atomic E-state index is 11.6. The van der Waals surface area contributed by atoms with Crippen LogP contribution in [-0.2, 0) is 0 Å². The maximum Gasteiger partial charge on any atom is 0.227 e. The normalized spacial score (nSPS) is 12.8. The Hall–Kier alpha value is -1.65. The number of benzene rings is 1. The second-order valence-corrected chi connectivity index (χ2v) is 4.46. The number of carbonyl (C=O) groups excluding carboxylic acids is 1. The van der Waals surface area contributed by atoms with Crippen LogP contribution in [0.5, 0.6) is 0 Å². The van der Waals surface area contributed by atoms with Gasteiger partial charge >= 0.3 is 0 Å². The fraction of sp³-hybridized carbons (Fsp3) is 0.357. The van der Waals surface area contributed by atoms with E-state index in [4.69, 9.17) is 10.8 Å². The number of aliphatic hydroxyl groups excluding tert-OH is 1. The molecule has 0 aliphatic rings. The predicted molar refractivity (Wildman–Crippen MR) is 71.5 cm³/mol. The van der Waals surface area contributed by atoms with Crippen molar-refractivity contribution in [2.24, 2.45) is 5.73 Å². The van der Waals surface area contributed by atoms with Crippen molar-refractivity contribution < 1.29 is 9.90 Å². The van der Waals surface area contributed by atoms with Crippen molar-refractivity contribution in [3.05, 3.63) is 36.0 Å². The highest BCUT2D eigenvalue weighted by Gasteiger charge is 2.15. The number of nitrogens with two attached hydrogens (primary N) is 1. The molecule has 1 aromatic heterocycles. The molecule has 0 aliphatic carbocycles. The van der Waals surface area contributed by atoms with Gasteiger partial charge < -0.3 is 10.8 Å². The van der Waals surface area contributed by atoms with Gasteiger partial charge in [-0.3, -0.25) is 9.36 Å². The zero-order chi connectivity index (χ0) is 13.1. The Kier molecular flexibility index (Phi) is 3.79. The van der Waals surface area contributed by atoms with E-state index in [-0.39, 0.29) is 18.6 Å². The summed E-state index contributed by atoms with van der Waals surface area (Å²) >= 11 is 0. The molecule has 1 atom stereocenters. The van der Waals surface area contributed by atoms with Crippen molar-refractivity contribution in [1.82, 2.24) is 4.57 Å². The highest BCUT2D eigenvalue weighted by molar-refractivity contribution is 5.93. The lowest BCUT2D eigenvalue weighted by Gasteiger charge is -2.09. The number of fused-ring (bicyclic) bond motifs is 1. The molecule has 1 aromatic carbocycles. The van der Waals surface area contributed by atoms with Crippen LogP contribution in [0.1, 0.15) is 36.2 Å². The summed E-state index contributed by atoms with van der Waals surface area (Å²) in [4.78, 5) is 11.6. The summed E-state index contributed by atoms with van der Waals surface area (Å²) in [5.74, 6) is -0.0215. The number of carbonyl (C=O) groups is 1. The van der Waals surface area contributed by atoms with Gasteiger partial charge in [0.1, 0.15) is 0 Å². The Balaban J connectivity index is 2.47. The third kappa shape index (κ3) is 2.30. The van der Waals surface area contributed by atoms with Crippen molar-refractivity contribution in [2.45, 2.75) is 25.8 Å². The highest BCUT2D eigenvalue weighted by atomic mass is 16.2. The summed E-state index contributed by atoms with van der Waals surface area (Å²) < 4.78 is 1.63. The summed E-state index contributed by atoms with van der Waals surface area (Å²) in [7, 11) is 0. The molecule has 1 heterocycles. The van der Waals surface area contributed by atoms with Gasteiger partial charge in [0, 0.05) is 31.2 Å². The number of para-hydroxylation sites is 1. The standard InChI is InChI=1S/C14H18N2O2/c1-10(18)16-9-12(13(15)6-4-8-17)11-5-2-3-7-14(11)16/h2-3,5,7,9,13,17H,4,6,8,15H2,1H3/t13-/m1/s1. The molecule has 96 valence electrons. The first-order valence-corrected chi connectivity index (χ1v) is 6.12. The molecule has 0 bridgehead atoms. The minimum absolute atomic E-state index is 0.0215. The molecular formula is C14H18N2O2. The van der Waals surface area contributed by atoms with Gasteiger partial charge in [0.05, 0.1) is 5.52 Å². The molecule has 0 amide bonds. The first kappa shape index (κ1) is 12.8. The molecule has 0 unspecified atom stereocenters. The fourth-order valence-electron chi connectivity index (χ4n) is 2.23. The van der Waals surface area contributed by atoms with Gasteiger partial charge in [0.2, 0.25) is 5.91 Å². The van der Waals surface area contributed by atoms with Gasteiger partial charge in [0.25, 0.3) is 0 Å². The lowest BCUT2D eigenvalue weighted by molar-refractivity contribution is 0.0941. The number of aromatic nitrogens is 1. The Labute approximate surface area is 106 Å². The van der Waals surface area contributed by atoms with Crippen LogP contribution in [-0.4, -0.2) is 22.2 Å². The molecule has 0 aliphatic heterocycles. The van der Waals surface area contributed by atoms with Crippen LogP contribution in [0.4, 0.5) is 0 Å². The van der Waals surface area contributed by atoms with E-state index in [1.807, 2.05) is 30.5 Å². The van der Waals surface area contributed by atoms with E-state index in [1.54, 1.807) is 4.57 Å². The molecule has 0 saturated carbocycles. The van der Waals surface area contributed by atoms with Gasteiger partial charge in [-0.15, -0.1) is 0 Å². The first-order valence-electron chi connectivity index (χ1n) is 6.12. The van der Waals surface area contributed by atoms with Crippen molar-refractivity contribution in [2.75, 3.05) is 6.61 Å². The zero-order valence-electron chi connectivity index (χ0n) is 10.5. The molecule has 0 radical (unpaired) electrons. The predicted octanol–water partition coefficient (Wildman–Crippen LogP) is 2.07. The molecule has 4 nitrogen and oxygen atoms in total. The van der Waals surface area contributed by atoms with Crippen LogP contribution in [0, 0.1) is 0 Å². The molecule has 4 heteroatoms. The lowest BCUT2D eigenvalue weighted by atomic mass is 10.0. The topological polar surface area (TPSA) is 68.2 Å². The molecule has 18 heavy (non-hydrogen) atoms. The molecule has 0 spiro atoms. The summed E-state index contributed by atoms with van der Waals surface area (Å²) in [5.41, 5.74) is 7.98. The van der Waals surface area contributed by atoms with E-state index >= 15 is 0 Å². The van der Waals surface area contributed by atoms with Crippen LogP contribution < -0.4 is 5.73 Å². The van der Waals surface area contributed by atoms with Gasteiger partial charge in [-0.05, 0) is 24.5 Å². The highest BCUT2D eigenvalue weighted by Crippen LogP contribution is 2.27. The smallest absolute Gasteiger partial charge is 0.227 e. The van der Waals surface area contributed by atoms with Crippen molar-refractivity contribution >= 4 is 16.8 Å². The van der Waals surface area contributed by atoms with Crippen LogP contribution >= 0.6 is 0 Å². The average Bonchev–Trinajstić information content (AvgIpc) is 2.75. The maximum absolute atomic E-state index is 11.6. The summed E-state index contributed by atoms with van der Waals surface area (Å²) in [6, 6.07) is 7.59. The first-order chi connectivity index (χ1) is 8.65. The van der Waals surface area contributed by atoms with Gasteiger partial charge in [0.15, 0.2) is 0 Å². The summed E-state index contributed by atoms with van der Waals surface area (Å²) in [6.07, 6.45) is 3.19. The third-order valence-electron chi connectivity index (χ3n) is 3.15. The van der Waals surface area contributed by atoms with Gasteiger partial charge in [-0.2, -0.15) is 0 Å². The molecule has 0 saturated heterocycles. The number of aliphatic hydroxyl groups is 1. The van der Waals surface area contributed by atoms with Crippen molar-refractivity contribution in [3.63, 3.8) is 0 Å². The molecule has 0 fully saturated rings. The van der Waals surface area contributed by atoms with Crippen LogP contribution in [0.3, 0.4) is 0 Å². The van der Waals surface area contributed by atoms with E-state index < -0.39 is 0 Å². The van der Waals surface area contributed by atoms with E-state index in [2.05, 4.69) is 0 Å². The Morgan fingerprint density at radius 2 is 2.17 bits per heavy atom. The second kappa shape index (κ2) is 5.33. The monoisotopic (exact) mass is 246 g/mol. The lowest BCUT2D eigenvalue weighted by Crippen LogP contribution is -2.10. The average molecular weight is 246 g/mol. The fourth-order valence-corrected chi connectivity index (χ4v) is 2.23. The van der Waals surface area contributed by atoms with Crippen LogP contribution in [0.25, 0.3) is 10.9 Å². The van der Waals surface area contributed by atoms with Crippen LogP contribution in [0.2, 0.25) is 0 Å². The quantitative estimate of drug-likeness (QED) is 0.867. The Morgan fingerprint density at radius 1 is 1.44 bits per heavy atom. The van der Waals surface area contributed by atoms with Gasteiger partial charge in [-0.1, -0.05) is 18.2 Å². The van der Waals surface area contributed by atoms with Crippen LogP contribution in [0.15, 0.2) is 30.5 Å². The van der Waals surface area contributed by atoms with E-state index in [9.17, 15) is 4.79 Å². The van der Waals surface area contributed by atoms with E-state index in [0.717, 1.165) is 16.5 Å². The minimum atomic E-state index is -0.150. The summed E-state index contributed by atoms with van der Waals surface area (Å²) in [5, 5.41) is 9.87. The zero-order valence-corrected chi connectivity index (χ0v) is 10.5. The van der Waals surface area contributed by atoms with Crippen molar-refractivity contribution in [3.8, 4) is 0 Å². The third-order valence-corrected chi connectivity index (χ3v) is 3.15. The van der Waals surface area contributed by atoms with Gasteiger partial charge in [-0.25, -0.2) is 0 Å². The molecule has 2 aromatic rings. The summed E-state index contributed by atoms with van der Waals surface area (Å²) in [6.45, 7) is 1.68. The Bertz CT molecular complexity index is 560. The SMILES string of the molecule is CC(=O)n1cc([C@H](N)CCCO)c2ccccc21. The molecule has 2 rings (SSSR count). The largest absolute Gasteiger partial charge is 0.396 e. The number of nitrogens with zero attached hydrogens (tertiary/aromatic N) is 1. The number of hydrogen-bond donors (Lipinski definition) is 2. The van der Waals surface area contributed by atoms with E-state index in [0.29, 0.717) is 12.8 Å². The van der Waals surface area contributed by atoms with E-state index in [1.165, 1.54) is 6.92 Å². The Morgan fingerprint density at radius 3 is 2.83 bits per heavy atom. The second-order valence-electron chi connectivity index (χ2n) is 4.46. The number of rotatable bonds is 4. The van der Waals surface area contributed by atoms with Crippen molar-refractivity contribution in [1.29, 1.82) is 0 Å². The number of hydrogen-bond acceptors (Lipinski definition) is 3. The molecule has 3 N–H and O–H groups in total. The minimum Gasteiger partial charge on any atom is -0.396 e.